The number of nitrogen functional groups attached to an aromatic ring is 1. The lowest BCUT2D eigenvalue weighted by atomic mass is 10.2. The van der Waals surface area contributed by atoms with Crippen LogP contribution in [0.2, 0.25) is 0 Å². The summed E-state index contributed by atoms with van der Waals surface area (Å²) >= 11 is 0. The monoisotopic (exact) mass is 280 g/mol. The fraction of sp³-hybridized carbons (Fsp3) is 0.250. The zero-order valence-electron chi connectivity index (χ0n) is 11.0. The third-order valence-electron chi connectivity index (χ3n) is 3.20. The van der Waals surface area contributed by atoms with Crippen molar-refractivity contribution >= 4 is 15.7 Å². The van der Waals surface area contributed by atoms with E-state index in [0.29, 0.717) is 5.69 Å². The van der Waals surface area contributed by atoms with Crippen molar-refractivity contribution in [1.29, 1.82) is 0 Å². The average Bonchev–Trinajstić information content (AvgIpc) is 2.55. The Balaban J connectivity index is 2.60. The van der Waals surface area contributed by atoms with Gasteiger partial charge in [-0.15, -0.1) is 0 Å². The largest absolute Gasteiger partial charge is 0.398 e. The standard InChI is InChI=1S/C12H16N4O2S/c1-7-8(2)15-16(9(7)3)10-4-5-12(11(13)6-10)19(14,17)18/h4-6H,13H2,1-3H3,(H2,14,17,18). The van der Waals surface area contributed by atoms with E-state index < -0.39 is 10.0 Å². The maximum Gasteiger partial charge on any atom is 0.240 e. The maximum atomic E-state index is 11.3. The van der Waals surface area contributed by atoms with Gasteiger partial charge in [-0.3, -0.25) is 0 Å². The second-order valence-electron chi connectivity index (χ2n) is 4.47. The van der Waals surface area contributed by atoms with Crippen LogP contribution in [0.5, 0.6) is 0 Å². The first kappa shape index (κ1) is 13.6. The van der Waals surface area contributed by atoms with Gasteiger partial charge in [-0.05, 0) is 44.5 Å². The van der Waals surface area contributed by atoms with Gasteiger partial charge in [0, 0.05) is 5.69 Å². The van der Waals surface area contributed by atoms with Crippen molar-refractivity contribution in [2.75, 3.05) is 5.73 Å². The number of hydrogen-bond donors (Lipinski definition) is 2. The van der Waals surface area contributed by atoms with E-state index in [1.807, 2.05) is 20.8 Å². The molecule has 0 aliphatic heterocycles. The van der Waals surface area contributed by atoms with Gasteiger partial charge in [0.2, 0.25) is 10.0 Å². The summed E-state index contributed by atoms with van der Waals surface area (Å²) in [5.41, 5.74) is 9.56. The summed E-state index contributed by atoms with van der Waals surface area (Å²) in [6.07, 6.45) is 0. The van der Waals surface area contributed by atoms with Gasteiger partial charge in [0.05, 0.1) is 17.1 Å². The zero-order chi connectivity index (χ0) is 14.4. The molecule has 0 amide bonds. The summed E-state index contributed by atoms with van der Waals surface area (Å²) in [6, 6.07) is 4.58. The molecule has 1 aromatic carbocycles. The number of aryl methyl sites for hydroxylation is 1. The Bertz CT molecular complexity index is 747. The first-order chi connectivity index (χ1) is 8.71. The third-order valence-corrected chi connectivity index (χ3v) is 4.18. The minimum Gasteiger partial charge on any atom is -0.398 e. The molecular formula is C12H16N4O2S. The van der Waals surface area contributed by atoms with Gasteiger partial charge in [0.1, 0.15) is 4.90 Å². The first-order valence-electron chi connectivity index (χ1n) is 5.67. The highest BCUT2D eigenvalue weighted by atomic mass is 32.2. The van der Waals surface area contributed by atoms with Crippen molar-refractivity contribution in [2.45, 2.75) is 25.7 Å². The molecule has 102 valence electrons. The molecule has 0 spiro atoms. The lowest BCUT2D eigenvalue weighted by Gasteiger charge is -2.08. The highest BCUT2D eigenvalue weighted by Gasteiger charge is 2.14. The fourth-order valence-electron chi connectivity index (χ4n) is 1.90. The Hall–Kier alpha value is -1.86. The molecule has 0 radical (unpaired) electrons. The van der Waals surface area contributed by atoms with Gasteiger partial charge in [-0.2, -0.15) is 5.10 Å². The summed E-state index contributed by atoms with van der Waals surface area (Å²) < 4.78 is 24.3. The van der Waals surface area contributed by atoms with Gasteiger partial charge in [0.25, 0.3) is 0 Å². The number of nitrogens with two attached hydrogens (primary N) is 2. The predicted octanol–water partition coefficient (Wildman–Crippen LogP) is 1.03. The van der Waals surface area contributed by atoms with Crippen molar-refractivity contribution in [3.8, 4) is 5.69 Å². The Kier molecular flexibility index (Phi) is 3.11. The van der Waals surface area contributed by atoms with Gasteiger partial charge in [0.15, 0.2) is 0 Å². The number of nitrogens with zero attached hydrogens (tertiary/aromatic N) is 2. The number of aromatic nitrogens is 2. The molecule has 4 N–H and O–H groups in total. The van der Waals surface area contributed by atoms with E-state index in [-0.39, 0.29) is 10.6 Å². The SMILES string of the molecule is Cc1nn(-c2ccc(S(N)(=O)=O)c(N)c2)c(C)c1C. The van der Waals surface area contributed by atoms with Gasteiger partial charge >= 0.3 is 0 Å². The molecule has 6 nitrogen and oxygen atoms in total. The number of anilines is 1. The van der Waals surface area contributed by atoms with E-state index in [0.717, 1.165) is 17.0 Å². The van der Waals surface area contributed by atoms with E-state index in [2.05, 4.69) is 5.10 Å². The number of rotatable bonds is 2. The second kappa shape index (κ2) is 4.36. The lowest BCUT2D eigenvalue weighted by Crippen LogP contribution is -2.14. The molecule has 0 unspecified atom stereocenters. The summed E-state index contributed by atoms with van der Waals surface area (Å²) in [4.78, 5) is -0.0745. The average molecular weight is 280 g/mol. The van der Waals surface area contributed by atoms with E-state index >= 15 is 0 Å². The molecular weight excluding hydrogens is 264 g/mol. The molecule has 0 aliphatic carbocycles. The Labute approximate surface area is 112 Å². The van der Waals surface area contributed by atoms with Crippen LogP contribution in [-0.4, -0.2) is 18.2 Å². The van der Waals surface area contributed by atoms with Gasteiger partial charge < -0.3 is 5.73 Å². The van der Waals surface area contributed by atoms with Crippen LogP contribution in [0.25, 0.3) is 5.69 Å². The smallest absolute Gasteiger partial charge is 0.240 e. The van der Waals surface area contributed by atoms with Crippen LogP contribution in [0.15, 0.2) is 23.1 Å². The minimum absolute atomic E-state index is 0.0745. The molecule has 0 atom stereocenters. The van der Waals surface area contributed by atoms with Gasteiger partial charge in [-0.25, -0.2) is 18.2 Å². The topological polar surface area (TPSA) is 104 Å². The molecule has 7 heteroatoms. The number of benzene rings is 1. The Morgan fingerprint density at radius 2 is 1.84 bits per heavy atom. The van der Waals surface area contributed by atoms with E-state index in [1.165, 1.54) is 6.07 Å². The van der Waals surface area contributed by atoms with E-state index in [1.54, 1.807) is 16.8 Å². The predicted molar refractivity (Wildman–Crippen MR) is 73.6 cm³/mol. The highest BCUT2D eigenvalue weighted by Crippen LogP contribution is 2.23. The summed E-state index contributed by atoms with van der Waals surface area (Å²) in [5, 5.41) is 9.47. The fourth-order valence-corrected chi connectivity index (χ4v) is 2.54. The molecule has 1 heterocycles. The highest BCUT2D eigenvalue weighted by molar-refractivity contribution is 7.89. The quantitative estimate of drug-likeness (QED) is 0.801. The lowest BCUT2D eigenvalue weighted by molar-refractivity contribution is 0.598. The van der Waals surface area contributed by atoms with Crippen molar-refractivity contribution < 1.29 is 8.42 Å². The van der Waals surface area contributed by atoms with Crippen LogP contribution in [0, 0.1) is 20.8 Å². The van der Waals surface area contributed by atoms with Gasteiger partial charge in [-0.1, -0.05) is 0 Å². The molecule has 1 aromatic heterocycles. The minimum atomic E-state index is -3.80. The summed E-state index contributed by atoms with van der Waals surface area (Å²) in [5.74, 6) is 0. The number of hydrogen-bond acceptors (Lipinski definition) is 4. The van der Waals surface area contributed by atoms with E-state index in [9.17, 15) is 8.42 Å². The van der Waals surface area contributed by atoms with Crippen LogP contribution in [0.4, 0.5) is 5.69 Å². The van der Waals surface area contributed by atoms with Crippen molar-refractivity contribution in [2.24, 2.45) is 5.14 Å². The van der Waals surface area contributed by atoms with Crippen molar-refractivity contribution in [3.05, 3.63) is 35.2 Å². The summed E-state index contributed by atoms with van der Waals surface area (Å²) in [7, 11) is -3.80. The molecule has 0 bridgehead atoms. The zero-order valence-corrected chi connectivity index (χ0v) is 11.8. The summed E-state index contributed by atoms with van der Waals surface area (Å²) in [6.45, 7) is 5.84. The second-order valence-corrected chi connectivity index (χ2v) is 6.00. The van der Waals surface area contributed by atoms with Crippen LogP contribution in [0.1, 0.15) is 17.0 Å². The molecule has 2 aromatic rings. The Morgan fingerprint density at radius 1 is 1.21 bits per heavy atom. The van der Waals surface area contributed by atoms with Crippen LogP contribution in [0.3, 0.4) is 0 Å². The normalized spacial score (nSPS) is 11.8. The molecule has 2 rings (SSSR count). The maximum absolute atomic E-state index is 11.3. The molecule has 19 heavy (non-hydrogen) atoms. The molecule has 0 saturated carbocycles. The van der Waals surface area contributed by atoms with Crippen LogP contribution in [-0.2, 0) is 10.0 Å². The molecule has 0 fully saturated rings. The molecule has 0 aliphatic rings. The number of primary sulfonamides is 1. The van der Waals surface area contributed by atoms with Crippen molar-refractivity contribution in [3.63, 3.8) is 0 Å². The first-order valence-corrected chi connectivity index (χ1v) is 7.22. The van der Waals surface area contributed by atoms with Crippen LogP contribution >= 0.6 is 0 Å². The third kappa shape index (κ3) is 2.34. The molecule has 0 saturated heterocycles. The number of sulfonamides is 1. The Morgan fingerprint density at radius 3 is 2.26 bits per heavy atom. The van der Waals surface area contributed by atoms with E-state index in [4.69, 9.17) is 10.9 Å². The van der Waals surface area contributed by atoms with Crippen LogP contribution < -0.4 is 10.9 Å². The van der Waals surface area contributed by atoms with Crippen molar-refractivity contribution in [1.82, 2.24) is 9.78 Å².